The summed E-state index contributed by atoms with van der Waals surface area (Å²) in [6, 6.07) is 8.73. The molecule has 3 rings (SSSR count). The van der Waals surface area contributed by atoms with Crippen LogP contribution < -0.4 is 5.73 Å². The topological polar surface area (TPSA) is 43.8 Å². The lowest BCUT2D eigenvalue weighted by Crippen LogP contribution is -2.15. The molecule has 3 heteroatoms. The van der Waals surface area contributed by atoms with E-state index in [-0.39, 0.29) is 6.04 Å². The zero-order chi connectivity index (χ0) is 14.3. The number of benzene rings is 1. The molecule has 1 unspecified atom stereocenters. The summed E-state index contributed by atoms with van der Waals surface area (Å²) in [7, 11) is 1.98. The van der Waals surface area contributed by atoms with Gasteiger partial charge in [0.1, 0.15) is 0 Å². The van der Waals surface area contributed by atoms with Gasteiger partial charge in [-0.05, 0) is 43.7 Å². The van der Waals surface area contributed by atoms with E-state index in [4.69, 9.17) is 5.73 Å². The van der Waals surface area contributed by atoms with Gasteiger partial charge in [-0.1, -0.05) is 30.7 Å². The van der Waals surface area contributed by atoms with E-state index >= 15 is 0 Å². The quantitative estimate of drug-likeness (QED) is 0.928. The Bertz CT molecular complexity index is 623. The molecule has 2 N–H and O–H groups in total. The van der Waals surface area contributed by atoms with Crippen molar-refractivity contribution in [3.05, 3.63) is 52.3 Å². The molecule has 1 aromatic heterocycles. The minimum Gasteiger partial charge on any atom is -0.320 e. The number of hydrogen-bond acceptors (Lipinski definition) is 2. The molecule has 1 aromatic carbocycles. The van der Waals surface area contributed by atoms with Gasteiger partial charge >= 0.3 is 0 Å². The summed E-state index contributed by atoms with van der Waals surface area (Å²) in [6.07, 6.45) is 4.01. The Morgan fingerprint density at radius 3 is 2.60 bits per heavy atom. The maximum absolute atomic E-state index is 6.51. The van der Waals surface area contributed by atoms with Crippen LogP contribution in [0, 0.1) is 13.8 Å². The van der Waals surface area contributed by atoms with E-state index in [0.29, 0.717) is 0 Å². The van der Waals surface area contributed by atoms with Crippen LogP contribution in [0.25, 0.3) is 0 Å². The van der Waals surface area contributed by atoms with Gasteiger partial charge in [0.15, 0.2) is 0 Å². The lowest BCUT2D eigenvalue weighted by atomic mass is 9.79. The maximum Gasteiger partial charge on any atom is 0.0647 e. The molecule has 0 aliphatic heterocycles. The van der Waals surface area contributed by atoms with E-state index < -0.39 is 0 Å². The van der Waals surface area contributed by atoms with Crippen LogP contribution in [0.2, 0.25) is 0 Å². The number of aryl methyl sites for hydroxylation is 2. The molecule has 3 nitrogen and oxygen atoms in total. The first-order valence-corrected chi connectivity index (χ1v) is 7.43. The molecule has 1 saturated carbocycles. The number of rotatable bonds is 3. The Morgan fingerprint density at radius 1 is 1.30 bits per heavy atom. The molecule has 0 amide bonds. The zero-order valence-corrected chi connectivity index (χ0v) is 12.6. The van der Waals surface area contributed by atoms with Crippen molar-refractivity contribution >= 4 is 0 Å². The van der Waals surface area contributed by atoms with Gasteiger partial charge in [-0.15, -0.1) is 0 Å². The third-order valence-corrected chi connectivity index (χ3v) is 4.72. The maximum atomic E-state index is 6.51. The fourth-order valence-electron chi connectivity index (χ4n) is 3.15. The molecule has 1 atom stereocenters. The second-order valence-electron chi connectivity index (χ2n) is 5.98. The van der Waals surface area contributed by atoms with E-state index in [1.54, 1.807) is 0 Å². The van der Waals surface area contributed by atoms with E-state index in [1.165, 1.54) is 36.0 Å². The first-order valence-electron chi connectivity index (χ1n) is 7.43. The molecule has 0 radical (unpaired) electrons. The lowest BCUT2D eigenvalue weighted by Gasteiger charge is -2.26. The predicted molar refractivity (Wildman–Crippen MR) is 81.7 cm³/mol. The smallest absolute Gasteiger partial charge is 0.0647 e. The van der Waals surface area contributed by atoms with Crippen molar-refractivity contribution in [2.75, 3.05) is 0 Å². The van der Waals surface area contributed by atoms with Gasteiger partial charge in [-0.25, -0.2) is 0 Å². The Balaban J connectivity index is 1.95. The normalized spacial score (nSPS) is 17.0. The highest BCUT2D eigenvalue weighted by Crippen LogP contribution is 2.37. The second-order valence-corrected chi connectivity index (χ2v) is 5.98. The summed E-state index contributed by atoms with van der Waals surface area (Å²) in [5.41, 5.74) is 12.5. The molecular weight excluding hydrogens is 246 g/mol. The number of nitrogens with zero attached hydrogens (tertiary/aromatic N) is 2. The van der Waals surface area contributed by atoms with Gasteiger partial charge in [0.05, 0.1) is 11.7 Å². The van der Waals surface area contributed by atoms with Crippen LogP contribution in [-0.4, -0.2) is 9.78 Å². The first-order chi connectivity index (χ1) is 9.58. The average Bonchev–Trinajstić information content (AvgIpc) is 2.61. The third kappa shape index (κ3) is 2.16. The number of hydrogen-bond donors (Lipinski definition) is 1. The molecule has 20 heavy (non-hydrogen) atoms. The van der Waals surface area contributed by atoms with Crippen LogP contribution in [0.3, 0.4) is 0 Å². The summed E-state index contributed by atoms with van der Waals surface area (Å²) < 4.78 is 1.92. The number of nitrogens with two attached hydrogens (primary N) is 1. The Morgan fingerprint density at radius 2 is 2.05 bits per heavy atom. The largest absolute Gasteiger partial charge is 0.320 e. The lowest BCUT2D eigenvalue weighted by molar-refractivity contribution is 0.419. The van der Waals surface area contributed by atoms with Crippen LogP contribution >= 0.6 is 0 Å². The minimum absolute atomic E-state index is 0.0799. The van der Waals surface area contributed by atoms with E-state index in [0.717, 1.165) is 17.3 Å². The molecule has 1 aliphatic rings. The van der Waals surface area contributed by atoms with Crippen molar-refractivity contribution in [1.82, 2.24) is 9.78 Å². The molecule has 0 bridgehead atoms. The van der Waals surface area contributed by atoms with Crippen molar-refractivity contribution in [2.24, 2.45) is 12.8 Å². The first kappa shape index (κ1) is 13.4. The monoisotopic (exact) mass is 269 g/mol. The molecule has 1 fully saturated rings. The minimum atomic E-state index is -0.0799. The van der Waals surface area contributed by atoms with Gasteiger partial charge in [0, 0.05) is 18.3 Å². The summed E-state index contributed by atoms with van der Waals surface area (Å²) in [4.78, 5) is 0. The van der Waals surface area contributed by atoms with E-state index in [9.17, 15) is 0 Å². The zero-order valence-electron chi connectivity index (χ0n) is 12.6. The van der Waals surface area contributed by atoms with Crippen LogP contribution in [0.4, 0.5) is 0 Å². The van der Waals surface area contributed by atoms with Gasteiger partial charge in [0.25, 0.3) is 0 Å². The van der Waals surface area contributed by atoms with Gasteiger partial charge in [0.2, 0.25) is 0 Å². The molecule has 1 heterocycles. The van der Waals surface area contributed by atoms with Crippen LogP contribution in [0.5, 0.6) is 0 Å². The van der Waals surface area contributed by atoms with Gasteiger partial charge < -0.3 is 5.73 Å². The van der Waals surface area contributed by atoms with Crippen molar-refractivity contribution in [3.8, 4) is 0 Å². The Hall–Kier alpha value is -1.61. The summed E-state index contributed by atoms with van der Waals surface area (Å²) in [6.45, 7) is 4.13. The van der Waals surface area contributed by atoms with Crippen LogP contribution in [0.1, 0.15) is 59.3 Å². The highest BCUT2D eigenvalue weighted by Gasteiger charge is 2.22. The van der Waals surface area contributed by atoms with E-state index in [2.05, 4.69) is 36.3 Å². The van der Waals surface area contributed by atoms with Crippen molar-refractivity contribution in [3.63, 3.8) is 0 Å². The number of aromatic nitrogens is 2. The van der Waals surface area contributed by atoms with E-state index in [1.807, 2.05) is 18.7 Å². The highest BCUT2D eigenvalue weighted by atomic mass is 15.3. The summed E-state index contributed by atoms with van der Waals surface area (Å²) in [5, 5.41) is 4.48. The van der Waals surface area contributed by atoms with Crippen molar-refractivity contribution < 1.29 is 0 Å². The second kappa shape index (κ2) is 5.06. The molecular formula is C17H23N3. The third-order valence-electron chi connectivity index (χ3n) is 4.72. The van der Waals surface area contributed by atoms with Gasteiger partial charge in [-0.3, -0.25) is 4.68 Å². The summed E-state index contributed by atoms with van der Waals surface area (Å²) >= 11 is 0. The fourth-order valence-corrected chi connectivity index (χ4v) is 3.15. The Labute approximate surface area is 120 Å². The highest BCUT2D eigenvalue weighted by molar-refractivity contribution is 5.39. The van der Waals surface area contributed by atoms with Crippen molar-refractivity contribution in [2.45, 2.75) is 45.1 Å². The average molecular weight is 269 g/mol. The standard InChI is InChI=1S/C17H23N3/c1-11-16(12(2)20(3)19-11)17(18)15-9-5-8-14(10-15)13-6-4-7-13/h5,8-10,13,17H,4,6-7,18H2,1-3H3. The summed E-state index contributed by atoms with van der Waals surface area (Å²) in [5.74, 6) is 0.748. The van der Waals surface area contributed by atoms with Crippen molar-refractivity contribution in [1.29, 1.82) is 0 Å². The molecule has 2 aromatic rings. The molecule has 0 saturated heterocycles. The SMILES string of the molecule is Cc1nn(C)c(C)c1C(N)c1cccc(C2CCC2)c1. The predicted octanol–water partition coefficient (Wildman–Crippen LogP) is 3.35. The van der Waals surface area contributed by atoms with Crippen LogP contribution in [-0.2, 0) is 7.05 Å². The van der Waals surface area contributed by atoms with Gasteiger partial charge in [-0.2, -0.15) is 5.10 Å². The molecule has 1 aliphatic carbocycles. The molecule has 106 valence electrons. The van der Waals surface area contributed by atoms with Crippen LogP contribution in [0.15, 0.2) is 24.3 Å². The Kier molecular flexibility index (Phi) is 3.38. The molecule has 0 spiro atoms. The fraction of sp³-hybridized carbons (Fsp3) is 0.471.